The highest BCUT2D eigenvalue weighted by atomic mass is 32.2. The van der Waals surface area contributed by atoms with Crippen molar-refractivity contribution >= 4 is 17.7 Å². The molecule has 1 heterocycles. The number of amides is 1. The molecule has 1 saturated carbocycles. The molecule has 2 N–H and O–H groups in total. The molecule has 18 heavy (non-hydrogen) atoms. The molecule has 2 fully saturated rings. The highest BCUT2D eigenvalue weighted by molar-refractivity contribution is 7.99. The molecule has 1 saturated heterocycles. The minimum atomic E-state index is -0.169. The number of hydrogen-bond donors (Lipinski definition) is 2. The lowest BCUT2D eigenvalue weighted by Crippen LogP contribution is -2.49. The van der Waals surface area contributed by atoms with E-state index in [1.54, 1.807) is 0 Å². The molecule has 0 aromatic carbocycles. The summed E-state index contributed by atoms with van der Waals surface area (Å²) in [5.74, 6) is 0.694. The van der Waals surface area contributed by atoms with Crippen LogP contribution in [0.1, 0.15) is 39.5 Å². The van der Waals surface area contributed by atoms with E-state index in [1.807, 2.05) is 11.8 Å². The summed E-state index contributed by atoms with van der Waals surface area (Å²) < 4.78 is 0. The maximum absolute atomic E-state index is 12.6. The third-order valence-corrected chi connectivity index (χ3v) is 5.89. The van der Waals surface area contributed by atoms with Crippen LogP contribution in [0.4, 0.5) is 0 Å². The van der Waals surface area contributed by atoms with Gasteiger partial charge in [-0.05, 0) is 44.4 Å². The van der Waals surface area contributed by atoms with Gasteiger partial charge in [0.1, 0.15) is 0 Å². The minimum absolute atomic E-state index is 0.169. The van der Waals surface area contributed by atoms with E-state index in [2.05, 4.69) is 30.7 Å². The summed E-state index contributed by atoms with van der Waals surface area (Å²) >= 11 is 1.94. The van der Waals surface area contributed by atoms with Gasteiger partial charge in [0.2, 0.25) is 5.91 Å². The first kappa shape index (κ1) is 14.2. The van der Waals surface area contributed by atoms with Gasteiger partial charge in [0.05, 0.1) is 5.41 Å². The van der Waals surface area contributed by atoms with Crippen molar-refractivity contribution in [2.45, 2.75) is 50.8 Å². The van der Waals surface area contributed by atoms with Crippen LogP contribution in [0.15, 0.2) is 0 Å². The van der Waals surface area contributed by atoms with Crippen molar-refractivity contribution in [2.24, 2.45) is 11.3 Å². The zero-order valence-corrected chi connectivity index (χ0v) is 12.6. The number of hydrogen-bond acceptors (Lipinski definition) is 3. The first-order valence-electron chi connectivity index (χ1n) is 7.13. The number of nitrogens with one attached hydrogen (secondary N) is 2. The fourth-order valence-electron chi connectivity index (χ4n) is 3.27. The van der Waals surface area contributed by atoms with Crippen LogP contribution in [-0.4, -0.2) is 36.5 Å². The Morgan fingerprint density at radius 3 is 2.72 bits per heavy atom. The van der Waals surface area contributed by atoms with Crippen LogP contribution in [-0.2, 0) is 4.79 Å². The van der Waals surface area contributed by atoms with Crippen LogP contribution in [0.3, 0.4) is 0 Å². The molecular weight excluding hydrogens is 244 g/mol. The van der Waals surface area contributed by atoms with Gasteiger partial charge in [-0.2, -0.15) is 11.8 Å². The number of carbonyl (C=O) groups is 1. The summed E-state index contributed by atoms with van der Waals surface area (Å²) in [6.07, 6.45) is 6.70. The van der Waals surface area contributed by atoms with Gasteiger partial charge in [-0.3, -0.25) is 4.79 Å². The fourth-order valence-corrected chi connectivity index (χ4v) is 4.07. The summed E-state index contributed by atoms with van der Waals surface area (Å²) in [6, 6.07) is 0.408. The monoisotopic (exact) mass is 270 g/mol. The van der Waals surface area contributed by atoms with Crippen molar-refractivity contribution in [2.75, 3.05) is 19.3 Å². The second kappa shape index (κ2) is 5.83. The van der Waals surface area contributed by atoms with Crippen LogP contribution < -0.4 is 10.6 Å². The van der Waals surface area contributed by atoms with E-state index in [0.29, 0.717) is 12.0 Å². The van der Waals surface area contributed by atoms with Crippen LogP contribution >= 0.6 is 11.8 Å². The van der Waals surface area contributed by atoms with Crippen LogP contribution in [0.5, 0.6) is 0 Å². The molecular formula is C14H26N2OS. The molecule has 1 amide bonds. The average Bonchev–Trinajstić information content (AvgIpc) is 2.97. The zero-order chi connectivity index (χ0) is 13.2. The predicted octanol–water partition coefficient (Wildman–Crippen LogP) is 2.02. The van der Waals surface area contributed by atoms with Crippen LogP contribution in [0, 0.1) is 11.3 Å². The van der Waals surface area contributed by atoms with E-state index in [-0.39, 0.29) is 11.3 Å². The second-order valence-corrected chi connectivity index (χ2v) is 7.22. The molecule has 104 valence electrons. The third-order valence-electron chi connectivity index (χ3n) is 4.80. The largest absolute Gasteiger partial charge is 0.353 e. The molecule has 3 atom stereocenters. The standard InChI is InChI=1S/C14H26N2OS/c1-10(2)14(6-7-15-9-14)13(17)16-11-4-5-12(8-11)18-3/h10-12,15H,4-9H2,1-3H3,(H,16,17). The van der Waals surface area contributed by atoms with Crippen LogP contribution in [0.2, 0.25) is 0 Å². The summed E-state index contributed by atoms with van der Waals surface area (Å²) in [6.45, 7) is 6.16. The Bertz CT molecular complexity index is 300. The molecule has 0 aromatic rings. The topological polar surface area (TPSA) is 41.1 Å². The van der Waals surface area contributed by atoms with E-state index in [9.17, 15) is 4.79 Å². The second-order valence-electron chi connectivity index (χ2n) is 6.08. The quantitative estimate of drug-likeness (QED) is 0.821. The highest BCUT2D eigenvalue weighted by Crippen LogP contribution is 2.35. The van der Waals surface area contributed by atoms with Crippen LogP contribution in [0.25, 0.3) is 0 Å². The molecule has 0 radical (unpaired) electrons. The summed E-state index contributed by atoms with van der Waals surface area (Å²) in [5.41, 5.74) is -0.169. The lowest BCUT2D eigenvalue weighted by Gasteiger charge is -2.32. The lowest BCUT2D eigenvalue weighted by atomic mass is 9.75. The predicted molar refractivity (Wildman–Crippen MR) is 77.8 cm³/mol. The molecule has 0 bridgehead atoms. The first-order valence-corrected chi connectivity index (χ1v) is 8.42. The first-order chi connectivity index (χ1) is 8.58. The molecule has 1 aliphatic carbocycles. The van der Waals surface area contributed by atoms with Gasteiger partial charge in [0, 0.05) is 17.8 Å². The lowest BCUT2D eigenvalue weighted by molar-refractivity contribution is -0.133. The zero-order valence-electron chi connectivity index (χ0n) is 11.8. The minimum Gasteiger partial charge on any atom is -0.353 e. The molecule has 2 aliphatic rings. The van der Waals surface area contributed by atoms with Gasteiger partial charge in [-0.25, -0.2) is 0 Å². The van der Waals surface area contributed by atoms with Gasteiger partial charge >= 0.3 is 0 Å². The Balaban J connectivity index is 1.94. The number of carbonyl (C=O) groups excluding carboxylic acids is 1. The Morgan fingerprint density at radius 1 is 1.44 bits per heavy atom. The summed E-state index contributed by atoms with van der Waals surface area (Å²) in [5, 5.41) is 7.41. The maximum atomic E-state index is 12.6. The molecule has 4 heteroatoms. The van der Waals surface area contributed by atoms with Gasteiger partial charge in [-0.15, -0.1) is 0 Å². The van der Waals surface area contributed by atoms with Crippen molar-refractivity contribution in [3.8, 4) is 0 Å². The molecule has 1 aliphatic heterocycles. The Hall–Kier alpha value is -0.220. The van der Waals surface area contributed by atoms with E-state index in [4.69, 9.17) is 0 Å². The van der Waals surface area contributed by atoms with Gasteiger partial charge < -0.3 is 10.6 Å². The molecule has 2 rings (SSSR count). The van der Waals surface area contributed by atoms with E-state index >= 15 is 0 Å². The number of thioether (sulfide) groups is 1. The van der Waals surface area contributed by atoms with Crippen molar-refractivity contribution in [3.63, 3.8) is 0 Å². The van der Waals surface area contributed by atoms with Crippen molar-refractivity contribution in [3.05, 3.63) is 0 Å². The van der Waals surface area contributed by atoms with Gasteiger partial charge in [0.15, 0.2) is 0 Å². The van der Waals surface area contributed by atoms with Crippen molar-refractivity contribution in [1.29, 1.82) is 0 Å². The van der Waals surface area contributed by atoms with E-state index in [1.165, 1.54) is 6.42 Å². The third kappa shape index (κ3) is 2.69. The molecule has 0 aromatic heterocycles. The SMILES string of the molecule is CSC1CCC(NC(=O)C2(C(C)C)CCNC2)C1. The summed E-state index contributed by atoms with van der Waals surface area (Å²) in [7, 11) is 0. The van der Waals surface area contributed by atoms with Crippen molar-refractivity contribution in [1.82, 2.24) is 10.6 Å². The van der Waals surface area contributed by atoms with Crippen molar-refractivity contribution < 1.29 is 4.79 Å². The maximum Gasteiger partial charge on any atom is 0.228 e. The molecule has 3 nitrogen and oxygen atoms in total. The highest BCUT2D eigenvalue weighted by Gasteiger charge is 2.44. The fraction of sp³-hybridized carbons (Fsp3) is 0.929. The average molecular weight is 270 g/mol. The van der Waals surface area contributed by atoms with E-state index < -0.39 is 0 Å². The summed E-state index contributed by atoms with van der Waals surface area (Å²) in [4.78, 5) is 12.6. The van der Waals surface area contributed by atoms with Gasteiger partial charge in [-0.1, -0.05) is 13.8 Å². The smallest absolute Gasteiger partial charge is 0.228 e. The number of rotatable bonds is 4. The van der Waals surface area contributed by atoms with E-state index in [0.717, 1.165) is 37.6 Å². The Labute approximate surface area is 115 Å². The normalized spacial score (nSPS) is 36.2. The Morgan fingerprint density at radius 2 is 2.22 bits per heavy atom. The Kier molecular flexibility index (Phi) is 4.59. The van der Waals surface area contributed by atoms with Gasteiger partial charge in [0.25, 0.3) is 0 Å². The molecule has 3 unspecified atom stereocenters. The molecule has 0 spiro atoms.